The highest BCUT2D eigenvalue weighted by atomic mass is 32.1. The molecular weight excluding hydrogens is 352 g/mol. The summed E-state index contributed by atoms with van der Waals surface area (Å²) in [6, 6.07) is 11.6. The molecule has 132 valence electrons. The second-order valence-electron chi connectivity index (χ2n) is 5.31. The third-order valence-corrected chi connectivity index (χ3v) is 4.42. The molecule has 26 heavy (non-hydrogen) atoms. The van der Waals surface area contributed by atoms with Crippen LogP contribution in [0.5, 0.6) is 17.2 Å². The number of thiophene rings is 1. The lowest BCUT2D eigenvalue weighted by Gasteiger charge is -2.10. The van der Waals surface area contributed by atoms with Crippen LogP contribution in [0.15, 0.2) is 58.3 Å². The standard InChI is InChI=1S/C19H16N2O4S/c1-25-17-7-6-13(12-8-9-26-11-12)15(18(17)23)10-20-21-19(24)14-4-2-3-5-16(14)22/h2-11,22-23H,1H3,(H,21,24). The number of nitrogens with one attached hydrogen (secondary N) is 1. The van der Waals surface area contributed by atoms with Gasteiger partial charge in [-0.3, -0.25) is 4.79 Å². The number of hydrogen-bond donors (Lipinski definition) is 3. The Kier molecular flexibility index (Phi) is 5.19. The molecule has 0 saturated carbocycles. The first kappa shape index (κ1) is 17.5. The maximum atomic E-state index is 12.1. The van der Waals surface area contributed by atoms with Crippen LogP contribution in [0.25, 0.3) is 11.1 Å². The topological polar surface area (TPSA) is 91.2 Å². The monoisotopic (exact) mass is 368 g/mol. The Morgan fingerprint density at radius 3 is 2.69 bits per heavy atom. The molecule has 3 rings (SSSR count). The molecule has 1 heterocycles. The summed E-state index contributed by atoms with van der Waals surface area (Å²) in [7, 11) is 1.46. The third kappa shape index (κ3) is 3.52. The molecule has 0 aliphatic heterocycles. The van der Waals surface area contributed by atoms with E-state index in [2.05, 4.69) is 10.5 Å². The minimum absolute atomic E-state index is 0.0724. The first-order chi connectivity index (χ1) is 12.6. The van der Waals surface area contributed by atoms with Crippen LogP contribution in [-0.2, 0) is 0 Å². The third-order valence-electron chi connectivity index (χ3n) is 3.74. The second-order valence-corrected chi connectivity index (χ2v) is 6.09. The van der Waals surface area contributed by atoms with Gasteiger partial charge in [0.1, 0.15) is 5.75 Å². The van der Waals surface area contributed by atoms with Gasteiger partial charge in [-0.2, -0.15) is 16.4 Å². The molecule has 0 aliphatic carbocycles. The molecule has 0 fully saturated rings. The minimum Gasteiger partial charge on any atom is -0.507 e. The first-order valence-electron chi connectivity index (χ1n) is 7.65. The molecule has 6 nitrogen and oxygen atoms in total. The molecule has 0 unspecified atom stereocenters. The van der Waals surface area contributed by atoms with Crippen molar-refractivity contribution in [2.24, 2.45) is 5.10 Å². The van der Waals surface area contributed by atoms with Gasteiger partial charge in [0.05, 0.1) is 18.9 Å². The van der Waals surface area contributed by atoms with Crippen LogP contribution < -0.4 is 10.2 Å². The van der Waals surface area contributed by atoms with Crippen LogP contribution in [0, 0.1) is 0 Å². The number of benzene rings is 2. The Bertz CT molecular complexity index is 952. The number of amides is 1. The number of nitrogens with zero attached hydrogens (tertiary/aromatic N) is 1. The van der Waals surface area contributed by atoms with Crippen LogP contribution in [0.3, 0.4) is 0 Å². The van der Waals surface area contributed by atoms with Crippen LogP contribution >= 0.6 is 11.3 Å². The summed E-state index contributed by atoms with van der Waals surface area (Å²) in [5, 5.41) is 27.9. The lowest BCUT2D eigenvalue weighted by atomic mass is 10.0. The van der Waals surface area contributed by atoms with Crippen molar-refractivity contribution in [3.8, 4) is 28.4 Å². The van der Waals surface area contributed by atoms with Gasteiger partial charge in [-0.1, -0.05) is 12.1 Å². The van der Waals surface area contributed by atoms with Gasteiger partial charge in [-0.25, -0.2) is 5.43 Å². The molecule has 0 saturated heterocycles. The lowest BCUT2D eigenvalue weighted by Crippen LogP contribution is -2.17. The van der Waals surface area contributed by atoms with E-state index < -0.39 is 5.91 Å². The summed E-state index contributed by atoms with van der Waals surface area (Å²) in [6.07, 6.45) is 1.35. The van der Waals surface area contributed by atoms with Gasteiger partial charge in [-0.15, -0.1) is 0 Å². The zero-order valence-electron chi connectivity index (χ0n) is 13.8. The van der Waals surface area contributed by atoms with Crippen molar-refractivity contribution in [2.75, 3.05) is 7.11 Å². The van der Waals surface area contributed by atoms with Gasteiger partial charge in [-0.05, 0) is 52.2 Å². The Balaban J connectivity index is 1.90. The van der Waals surface area contributed by atoms with Gasteiger partial charge in [0, 0.05) is 5.56 Å². The van der Waals surface area contributed by atoms with Gasteiger partial charge >= 0.3 is 0 Å². The number of hydrazone groups is 1. The van der Waals surface area contributed by atoms with Crippen molar-refractivity contribution in [3.63, 3.8) is 0 Å². The number of methoxy groups -OCH3 is 1. The molecule has 7 heteroatoms. The highest BCUT2D eigenvalue weighted by Crippen LogP contribution is 2.36. The highest BCUT2D eigenvalue weighted by molar-refractivity contribution is 7.08. The van der Waals surface area contributed by atoms with Gasteiger partial charge in [0.25, 0.3) is 5.91 Å². The Morgan fingerprint density at radius 1 is 1.19 bits per heavy atom. The quantitative estimate of drug-likeness (QED) is 0.474. The van der Waals surface area contributed by atoms with Gasteiger partial charge < -0.3 is 14.9 Å². The second kappa shape index (κ2) is 7.71. The number of phenolic OH excluding ortho intramolecular Hbond substituents is 2. The number of hydrogen-bond acceptors (Lipinski definition) is 6. The molecule has 3 N–H and O–H groups in total. The van der Waals surface area contributed by atoms with Crippen molar-refractivity contribution >= 4 is 23.5 Å². The molecule has 0 spiro atoms. The molecular formula is C19H16N2O4S. The van der Waals surface area contributed by atoms with Crippen molar-refractivity contribution in [3.05, 3.63) is 64.4 Å². The molecule has 0 bridgehead atoms. The Hall–Kier alpha value is -3.32. The number of rotatable bonds is 5. The zero-order chi connectivity index (χ0) is 18.5. The molecule has 0 atom stereocenters. The van der Waals surface area contributed by atoms with Crippen LogP contribution in [0.2, 0.25) is 0 Å². The number of carbonyl (C=O) groups excluding carboxylic acids is 1. The van der Waals surface area contributed by atoms with E-state index in [1.54, 1.807) is 18.2 Å². The van der Waals surface area contributed by atoms with Crippen LogP contribution in [0.4, 0.5) is 0 Å². The molecule has 2 aromatic carbocycles. The van der Waals surface area contributed by atoms with E-state index in [1.165, 1.54) is 36.8 Å². The van der Waals surface area contributed by atoms with E-state index in [-0.39, 0.29) is 17.1 Å². The summed E-state index contributed by atoms with van der Waals surface area (Å²) < 4.78 is 5.14. The van der Waals surface area contributed by atoms with Crippen molar-refractivity contribution in [1.29, 1.82) is 0 Å². The minimum atomic E-state index is -0.557. The number of carbonyl (C=O) groups is 1. The summed E-state index contributed by atoms with van der Waals surface area (Å²) in [5.41, 5.74) is 4.55. The predicted octanol–water partition coefficient (Wildman–Crippen LogP) is 3.60. The molecule has 1 amide bonds. The maximum absolute atomic E-state index is 12.1. The highest BCUT2D eigenvalue weighted by Gasteiger charge is 2.14. The van der Waals surface area contributed by atoms with Crippen molar-refractivity contribution in [1.82, 2.24) is 5.43 Å². The van der Waals surface area contributed by atoms with Gasteiger partial charge in [0.2, 0.25) is 0 Å². The molecule has 0 aliphatic rings. The van der Waals surface area contributed by atoms with Crippen molar-refractivity contribution in [2.45, 2.75) is 0 Å². The SMILES string of the molecule is COc1ccc(-c2ccsc2)c(C=NNC(=O)c2ccccc2O)c1O. The summed E-state index contributed by atoms with van der Waals surface area (Å²) in [6.45, 7) is 0. The molecule has 1 aromatic heterocycles. The Labute approximate surface area is 154 Å². The van der Waals surface area contributed by atoms with E-state index >= 15 is 0 Å². The average Bonchev–Trinajstić information content (AvgIpc) is 3.17. The predicted molar refractivity (Wildman–Crippen MR) is 101 cm³/mol. The first-order valence-corrected chi connectivity index (χ1v) is 8.60. The number of ether oxygens (including phenoxy) is 1. The number of para-hydroxylation sites is 1. The fourth-order valence-corrected chi connectivity index (χ4v) is 3.09. The fraction of sp³-hybridized carbons (Fsp3) is 0.0526. The normalized spacial score (nSPS) is 10.8. The summed E-state index contributed by atoms with van der Waals surface area (Å²) in [5.74, 6) is -0.462. The van der Waals surface area contributed by atoms with Gasteiger partial charge in [0.15, 0.2) is 11.5 Å². The Morgan fingerprint density at radius 2 is 2.00 bits per heavy atom. The summed E-state index contributed by atoms with van der Waals surface area (Å²) in [4.78, 5) is 12.1. The van der Waals surface area contributed by atoms with E-state index in [0.717, 1.165) is 11.1 Å². The largest absolute Gasteiger partial charge is 0.507 e. The van der Waals surface area contributed by atoms with E-state index in [9.17, 15) is 15.0 Å². The van der Waals surface area contributed by atoms with Crippen molar-refractivity contribution < 1.29 is 19.7 Å². The smallest absolute Gasteiger partial charge is 0.275 e. The average molecular weight is 368 g/mol. The summed E-state index contributed by atoms with van der Waals surface area (Å²) >= 11 is 1.53. The van der Waals surface area contributed by atoms with E-state index in [4.69, 9.17) is 4.74 Å². The zero-order valence-corrected chi connectivity index (χ0v) is 14.7. The van der Waals surface area contributed by atoms with Crippen LogP contribution in [-0.4, -0.2) is 29.4 Å². The number of phenols is 2. The molecule has 0 radical (unpaired) electrons. The van der Waals surface area contributed by atoms with E-state index in [1.807, 2.05) is 22.9 Å². The van der Waals surface area contributed by atoms with E-state index in [0.29, 0.717) is 11.3 Å². The van der Waals surface area contributed by atoms with Crippen LogP contribution in [0.1, 0.15) is 15.9 Å². The molecule has 3 aromatic rings. The number of aromatic hydroxyl groups is 2. The lowest BCUT2D eigenvalue weighted by molar-refractivity contribution is 0.0952. The fourth-order valence-electron chi connectivity index (χ4n) is 2.43. The maximum Gasteiger partial charge on any atom is 0.275 e.